The number of carbonyl (C=O) groups excluding carboxylic acids is 1. The van der Waals surface area contributed by atoms with E-state index in [1.165, 1.54) is 0 Å². The Morgan fingerprint density at radius 1 is 0.933 bits per heavy atom. The van der Waals surface area contributed by atoms with Crippen molar-refractivity contribution in [3.63, 3.8) is 0 Å². The molecule has 150 valence electrons. The lowest BCUT2D eigenvalue weighted by molar-refractivity contribution is 0.0921. The highest BCUT2D eigenvalue weighted by Crippen LogP contribution is 2.30. The van der Waals surface area contributed by atoms with Crippen molar-refractivity contribution in [2.24, 2.45) is 0 Å². The van der Waals surface area contributed by atoms with Gasteiger partial charge in [-0.1, -0.05) is 35.3 Å². The van der Waals surface area contributed by atoms with E-state index in [-0.39, 0.29) is 12.4 Å². The molecule has 0 atom stereocenters. The molecule has 30 heavy (non-hydrogen) atoms. The molecule has 0 N–H and O–H groups in total. The summed E-state index contributed by atoms with van der Waals surface area (Å²) in [6.45, 7) is 1.73. The van der Waals surface area contributed by atoms with Crippen LogP contribution < -0.4 is 10.4 Å². The topological polar surface area (TPSA) is 56.5 Å². The van der Waals surface area contributed by atoms with Crippen LogP contribution in [0.15, 0.2) is 75.9 Å². The van der Waals surface area contributed by atoms with Crippen LogP contribution in [0, 0.1) is 6.92 Å². The van der Waals surface area contributed by atoms with Crippen LogP contribution in [-0.4, -0.2) is 12.4 Å². The molecule has 0 radical (unpaired) electrons. The number of aryl methyl sites for hydroxylation is 1. The van der Waals surface area contributed by atoms with E-state index < -0.39 is 5.63 Å². The van der Waals surface area contributed by atoms with Gasteiger partial charge in [-0.25, -0.2) is 4.79 Å². The zero-order chi connectivity index (χ0) is 21.3. The van der Waals surface area contributed by atoms with Crippen molar-refractivity contribution < 1.29 is 13.9 Å². The van der Waals surface area contributed by atoms with Crippen molar-refractivity contribution in [3.8, 4) is 16.9 Å². The van der Waals surface area contributed by atoms with Crippen molar-refractivity contribution in [1.82, 2.24) is 0 Å². The lowest BCUT2D eigenvalue weighted by Crippen LogP contribution is -2.11. The summed E-state index contributed by atoms with van der Waals surface area (Å²) in [5.41, 5.74) is 2.50. The second-order valence-corrected chi connectivity index (χ2v) is 7.65. The van der Waals surface area contributed by atoms with Gasteiger partial charge in [0.25, 0.3) is 0 Å². The molecule has 1 aromatic heterocycles. The maximum atomic E-state index is 12.5. The predicted molar refractivity (Wildman–Crippen MR) is 119 cm³/mol. The number of hydrogen-bond acceptors (Lipinski definition) is 4. The summed E-state index contributed by atoms with van der Waals surface area (Å²) in [7, 11) is 0. The number of fused-ring (bicyclic) bond motifs is 1. The molecule has 6 heteroatoms. The number of halogens is 2. The summed E-state index contributed by atoms with van der Waals surface area (Å²) in [6, 6.07) is 18.7. The van der Waals surface area contributed by atoms with Crippen molar-refractivity contribution >= 4 is 40.0 Å². The average Bonchev–Trinajstić information content (AvgIpc) is 2.74. The minimum absolute atomic E-state index is 0.118. The molecule has 0 aliphatic rings. The van der Waals surface area contributed by atoms with Crippen molar-refractivity contribution in [1.29, 1.82) is 0 Å². The van der Waals surface area contributed by atoms with E-state index in [4.69, 9.17) is 32.4 Å². The van der Waals surface area contributed by atoms with Crippen molar-refractivity contribution in [2.45, 2.75) is 6.92 Å². The van der Waals surface area contributed by atoms with Gasteiger partial charge < -0.3 is 9.15 Å². The molecule has 4 rings (SSSR count). The van der Waals surface area contributed by atoms with Crippen LogP contribution in [0.4, 0.5) is 0 Å². The van der Waals surface area contributed by atoms with E-state index in [9.17, 15) is 9.59 Å². The van der Waals surface area contributed by atoms with Gasteiger partial charge in [-0.05, 0) is 72.6 Å². The third-order valence-electron chi connectivity index (χ3n) is 4.81. The van der Waals surface area contributed by atoms with Crippen LogP contribution in [0.2, 0.25) is 10.0 Å². The first-order chi connectivity index (χ1) is 14.4. The Kier molecular flexibility index (Phi) is 5.62. The fraction of sp³-hybridized carbons (Fsp3) is 0.0833. The molecular formula is C24H16Cl2O4. The van der Waals surface area contributed by atoms with E-state index in [2.05, 4.69) is 0 Å². The standard InChI is InChI=1S/C24H16Cl2O4/c1-14-20-12-19(29-13-21(27)15-2-6-17(25)7-3-15)10-11-22(20)30-24(28)23(14)16-4-8-18(26)9-5-16/h2-12H,13H2,1H3. The van der Waals surface area contributed by atoms with Crippen LogP contribution in [0.3, 0.4) is 0 Å². The van der Waals surface area contributed by atoms with Crippen LogP contribution in [0.5, 0.6) is 5.75 Å². The molecule has 0 amide bonds. The second kappa shape index (κ2) is 8.34. The molecule has 0 aliphatic carbocycles. The van der Waals surface area contributed by atoms with Crippen molar-refractivity contribution in [2.75, 3.05) is 6.61 Å². The Bertz CT molecular complexity index is 1290. The van der Waals surface area contributed by atoms with Crippen LogP contribution >= 0.6 is 23.2 Å². The van der Waals surface area contributed by atoms with Gasteiger partial charge in [-0.2, -0.15) is 0 Å². The Morgan fingerprint density at radius 3 is 2.23 bits per heavy atom. The summed E-state index contributed by atoms with van der Waals surface area (Å²) in [5.74, 6) is 0.341. The lowest BCUT2D eigenvalue weighted by Gasteiger charge is -2.10. The summed E-state index contributed by atoms with van der Waals surface area (Å²) in [4.78, 5) is 24.9. The highest BCUT2D eigenvalue weighted by Gasteiger charge is 2.15. The third-order valence-corrected chi connectivity index (χ3v) is 5.31. The fourth-order valence-corrected chi connectivity index (χ4v) is 3.49. The molecule has 0 saturated heterocycles. The van der Waals surface area contributed by atoms with E-state index in [0.29, 0.717) is 32.5 Å². The Morgan fingerprint density at radius 2 is 1.57 bits per heavy atom. The zero-order valence-corrected chi connectivity index (χ0v) is 17.5. The first kappa shape index (κ1) is 20.2. The molecule has 4 aromatic rings. The third kappa shape index (κ3) is 4.11. The molecule has 0 saturated carbocycles. The smallest absolute Gasteiger partial charge is 0.344 e. The molecule has 0 fully saturated rings. The molecule has 0 unspecified atom stereocenters. The largest absolute Gasteiger partial charge is 0.485 e. The SMILES string of the molecule is Cc1c(-c2ccc(Cl)cc2)c(=O)oc2ccc(OCC(=O)c3ccc(Cl)cc3)cc12. The number of rotatable bonds is 5. The van der Waals surface area contributed by atoms with E-state index in [1.54, 1.807) is 66.7 Å². The molecule has 3 aromatic carbocycles. The molecule has 4 nitrogen and oxygen atoms in total. The Hall–Kier alpha value is -3.08. The monoisotopic (exact) mass is 438 g/mol. The minimum Gasteiger partial charge on any atom is -0.485 e. The zero-order valence-electron chi connectivity index (χ0n) is 15.9. The van der Waals surface area contributed by atoms with Crippen molar-refractivity contribution in [3.05, 3.63) is 98.3 Å². The van der Waals surface area contributed by atoms with Crippen LogP contribution in [0.25, 0.3) is 22.1 Å². The number of hydrogen-bond donors (Lipinski definition) is 0. The lowest BCUT2D eigenvalue weighted by atomic mass is 9.99. The normalized spacial score (nSPS) is 10.9. The first-order valence-corrected chi connectivity index (χ1v) is 9.93. The van der Waals surface area contributed by atoms with Gasteiger partial charge >= 0.3 is 5.63 Å². The summed E-state index contributed by atoms with van der Waals surface area (Å²) < 4.78 is 11.2. The van der Waals surface area contributed by atoms with Gasteiger partial charge in [0.1, 0.15) is 11.3 Å². The van der Waals surface area contributed by atoms with E-state index in [0.717, 1.165) is 16.5 Å². The number of benzene rings is 3. The molecule has 0 aliphatic heterocycles. The second-order valence-electron chi connectivity index (χ2n) is 6.77. The molecule has 0 spiro atoms. The highest BCUT2D eigenvalue weighted by molar-refractivity contribution is 6.31. The van der Waals surface area contributed by atoms with Crippen LogP contribution in [0.1, 0.15) is 15.9 Å². The quantitative estimate of drug-likeness (QED) is 0.269. The summed E-state index contributed by atoms with van der Waals surface area (Å²) in [5, 5.41) is 1.88. The van der Waals surface area contributed by atoms with Gasteiger partial charge in [0, 0.05) is 21.0 Å². The number of ether oxygens (including phenoxy) is 1. The minimum atomic E-state index is -0.422. The summed E-state index contributed by atoms with van der Waals surface area (Å²) >= 11 is 11.8. The van der Waals surface area contributed by atoms with Gasteiger partial charge in [0.05, 0.1) is 5.56 Å². The van der Waals surface area contributed by atoms with Crippen LogP contribution in [-0.2, 0) is 0 Å². The fourth-order valence-electron chi connectivity index (χ4n) is 3.24. The van der Waals surface area contributed by atoms with Gasteiger partial charge in [-0.3, -0.25) is 4.79 Å². The Balaban J connectivity index is 1.64. The predicted octanol–water partition coefficient (Wildman–Crippen LogP) is 6.34. The van der Waals surface area contributed by atoms with E-state index in [1.807, 2.05) is 6.92 Å². The van der Waals surface area contributed by atoms with Gasteiger partial charge in [0.15, 0.2) is 12.4 Å². The van der Waals surface area contributed by atoms with E-state index >= 15 is 0 Å². The van der Waals surface area contributed by atoms with Gasteiger partial charge in [-0.15, -0.1) is 0 Å². The maximum absolute atomic E-state index is 12.5. The molecule has 1 heterocycles. The number of carbonyl (C=O) groups is 1. The molecular weight excluding hydrogens is 423 g/mol. The number of ketones is 1. The average molecular weight is 439 g/mol. The summed E-state index contributed by atoms with van der Waals surface area (Å²) in [6.07, 6.45) is 0. The van der Waals surface area contributed by atoms with Gasteiger partial charge in [0.2, 0.25) is 0 Å². The first-order valence-electron chi connectivity index (χ1n) is 9.17. The maximum Gasteiger partial charge on any atom is 0.344 e. The number of Topliss-reactive ketones (excluding diaryl/α,β-unsaturated/α-hetero) is 1. The molecule has 0 bridgehead atoms. The highest BCUT2D eigenvalue weighted by atomic mass is 35.5. The Labute approximate surface area is 182 Å².